The molecule has 3 heterocycles. The Balaban J connectivity index is 1.43. The number of carbonyl (C=O) groups excluding carboxylic acids is 2. The zero-order chi connectivity index (χ0) is 17.4. The quantitative estimate of drug-likeness (QED) is 0.891. The van der Waals surface area contributed by atoms with Crippen LogP contribution in [0.4, 0.5) is 0 Å². The van der Waals surface area contributed by atoms with E-state index in [1.54, 1.807) is 15.9 Å². The van der Waals surface area contributed by atoms with Gasteiger partial charge in [0.05, 0.1) is 11.8 Å². The van der Waals surface area contributed by atoms with Gasteiger partial charge in [0.25, 0.3) is 17.4 Å². The molecule has 0 bridgehead atoms. The van der Waals surface area contributed by atoms with Crippen molar-refractivity contribution in [2.45, 2.75) is 18.8 Å². The van der Waals surface area contributed by atoms with Crippen LogP contribution in [-0.4, -0.2) is 57.8 Å². The Hall–Kier alpha value is -2.90. The molecule has 2 aromatic heterocycles. The van der Waals surface area contributed by atoms with E-state index < -0.39 is 0 Å². The summed E-state index contributed by atoms with van der Waals surface area (Å²) >= 11 is 0. The van der Waals surface area contributed by atoms with E-state index in [2.05, 4.69) is 9.97 Å². The number of nitrogens with one attached hydrogen (secondary N) is 1. The normalized spacial score (nSPS) is 17.6. The first-order chi connectivity index (χ1) is 12.1. The molecule has 2 aliphatic rings. The van der Waals surface area contributed by atoms with Gasteiger partial charge in [-0.15, -0.1) is 0 Å². The van der Waals surface area contributed by atoms with Crippen LogP contribution in [-0.2, 0) is 0 Å². The summed E-state index contributed by atoms with van der Waals surface area (Å²) in [5, 5.41) is 0. The highest BCUT2D eigenvalue weighted by molar-refractivity contribution is 5.95. The molecule has 8 nitrogen and oxygen atoms in total. The third kappa shape index (κ3) is 3.19. The van der Waals surface area contributed by atoms with Crippen LogP contribution in [0.3, 0.4) is 0 Å². The van der Waals surface area contributed by atoms with Crippen LogP contribution in [0.1, 0.15) is 45.4 Å². The van der Waals surface area contributed by atoms with Crippen LogP contribution >= 0.6 is 0 Å². The van der Waals surface area contributed by atoms with Crippen molar-refractivity contribution in [2.75, 3.05) is 26.2 Å². The second kappa shape index (κ2) is 6.19. The molecule has 1 aliphatic heterocycles. The molecule has 0 radical (unpaired) electrons. The Morgan fingerprint density at radius 3 is 2.40 bits per heavy atom. The molecule has 25 heavy (non-hydrogen) atoms. The van der Waals surface area contributed by atoms with E-state index in [1.165, 1.54) is 18.6 Å². The molecule has 1 saturated carbocycles. The van der Waals surface area contributed by atoms with Gasteiger partial charge in [-0.3, -0.25) is 14.4 Å². The zero-order valence-electron chi connectivity index (χ0n) is 13.6. The number of aromatic amines is 1. The average molecular weight is 342 g/mol. The maximum absolute atomic E-state index is 12.6. The van der Waals surface area contributed by atoms with Gasteiger partial charge in [-0.1, -0.05) is 0 Å². The number of piperazine rings is 1. The standard InChI is InChI=1S/C17H18N4O4/c22-14-9-13(18-15(19-14)11-1-2-11)17(24)21-6-4-20(5-7-21)16(23)12-3-8-25-10-12/h3,8-11H,1-2,4-7H2,(H,18,19,22). The molecule has 2 amide bonds. The van der Waals surface area contributed by atoms with Crippen molar-refractivity contribution in [3.8, 4) is 0 Å². The van der Waals surface area contributed by atoms with Gasteiger partial charge in [-0.25, -0.2) is 4.98 Å². The lowest BCUT2D eigenvalue weighted by molar-refractivity contribution is 0.0531. The van der Waals surface area contributed by atoms with E-state index >= 15 is 0 Å². The molecule has 0 atom stereocenters. The summed E-state index contributed by atoms with van der Waals surface area (Å²) in [6.07, 6.45) is 4.87. The van der Waals surface area contributed by atoms with Gasteiger partial charge >= 0.3 is 0 Å². The van der Waals surface area contributed by atoms with Crippen molar-refractivity contribution < 1.29 is 14.0 Å². The highest BCUT2D eigenvalue weighted by Gasteiger charge is 2.29. The topological polar surface area (TPSA) is 99.5 Å². The molecule has 130 valence electrons. The maximum atomic E-state index is 12.6. The molecule has 2 fully saturated rings. The lowest BCUT2D eigenvalue weighted by Crippen LogP contribution is -2.50. The number of H-pyrrole nitrogens is 1. The van der Waals surface area contributed by atoms with Gasteiger partial charge in [0, 0.05) is 38.2 Å². The van der Waals surface area contributed by atoms with Crippen LogP contribution in [0.15, 0.2) is 33.9 Å². The fraction of sp³-hybridized carbons (Fsp3) is 0.412. The SMILES string of the molecule is O=C(c1ccoc1)N1CCN(C(=O)c2cc(=O)[nH]c(C3CC3)n2)CC1. The van der Waals surface area contributed by atoms with Gasteiger partial charge in [-0.05, 0) is 18.9 Å². The van der Waals surface area contributed by atoms with E-state index in [0.717, 1.165) is 12.8 Å². The number of amides is 2. The number of nitrogens with zero attached hydrogens (tertiary/aromatic N) is 3. The largest absolute Gasteiger partial charge is 0.472 e. The summed E-state index contributed by atoms with van der Waals surface area (Å²) < 4.78 is 4.94. The predicted octanol–water partition coefficient (Wildman–Crippen LogP) is 0.838. The second-order valence-corrected chi connectivity index (χ2v) is 6.39. The number of rotatable bonds is 3. The van der Waals surface area contributed by atoms with E-state index in [4.69, 9.17) is 4.42 Å². The number of furan rings is 1. The minimum absolute atomic E-state index is 0.105. The number of aromatic nitrogens is 2. The van der Waals surface area contributed by atoms with Crippen molar-refractivity contribution >= 4 is 11.8 Å². The molecule has 1 saturated heterocycles. The van der Waals surface area contributed by atoms with Crippen molar-refractivity contribution in [2.24, 2.45) is 0 Å². The first-order valence-electron chi connectivity index (χ1n) is 8.34. The molecular formula is C17H18N4O4. The summed E-state index contributed by atoms with van der Waals surface area (Å²) in [5.74, 6) is 0.504. The Labute approximate surface area is 143 Å². The smallest absolute Gasteiger partial charge is 0.272 e. The molecule has 1 aliphatic carbocycles. The summed E-state index contributed by atoms with van der Waals surface area (Å²) in [4.78, 5) is 47.1. The van der Waals surface area contributed by atoms with Crippen LogP contribution in [0.2, 0.25) is 0 Å². The molecule has 0 unspecified atom stereocenters. The first-order valence-corrected chi connectivity index (χ1v) is 8.34. The van der Waals surface area contributed by atoms with Crippen LogP contribution in [0.25, 0.3) is 0 Å². The number of hydrogen-bond acceptors (Lipinski definition) is 5. The van der Waals surface area contributed by atoms with Gasteiger partial charge < -0.3 is 19.2 Å². The van der Waals surface area contributed by atoms with Crippen LogP contribution in [0, 0.1) is 0 Å². The number of hydrogen-bond donors (Lipinski definition) is 1. The van der Waals surface area contributed by atoms with Crippen LogP contribution in [0.5, 0.6) is 0 Å². The monoisotopic (exact) mass is 342 g/mol. The highest BCUT2D eigenvalue weighted by Crippen LogP contribution is 2.37. The predicted molar refractivity (Wildman–Crippen MR) is 87.3 cm³/mol. The highest BCUT2D eigenvalue weighted by atomic mass is 16.3. The summed E-state index contributed by atoms with van der Waals surface area (Å²) in [6.45, 7) is 1.70. The van der Waals surface area contributed by atoms with Gasteiger partial charge in [0.15, 0.2) is 0 Å². The lowest BCUT2D eigenvalue weighted by Gasteiger charge is -2.34. The Bertz CT molecular complexity index is 846. The summed E-state index contributed by atoms with van der Waals surface area (Å²) in [5.41, 5.74) is 0.388. The van der Waals surface area contributed by atoms with Crippen LogP contribution < -0.4 is 5.56 Å². The van der Waals surface area contributed by atoms with E-state index in [9.17, 15) is 14.4 Å². The Morgan fingerprint density at radius 2 is 1.80 bits per heavy atom. The summed E-state index contributed by atoms with van der Waals surface area (Å²) in [6, 6.07) is 2.87. The van der Waals surface area contributed by atoms with Crippen molar-refractivity contribution in [1.82, 2.24) is 19.8 Å². The zero-order valence-corrected chi connectivity index (χ0v) is 13.6. The molecule has 8 heteroatoms. The molecular weight excluding hydrogens is 324 g/mol. The van der Waals surface area contributed by atoms with Crippen molar-refractivity contribution in [1.29, 1.82) is 0 Å². The Morgan fingerprint density at radius 1 is 1.12 bits per heavy atom. The lowest BCUT2D eigenvalue weighted by atomic mass is 10.2. The fourth-order valence-corrected chi connectivity index (χ4v) is 2.98. The van der Waals surface area contributed by atoms with E-state index in [1.807, 2.05) is 0 Å². The molecule has 4 rings (SSSR count). The van der Waals surface area contributed by atoms with Crippen molar-refractivity contribution in [3.05, 3.63) is 52.1 Å². The third-order valence-electron chi connectivity index (χ3n) is 4.57. The van der Waals surface area contributed by atoms with Gasteiger partial charge in [0.2, 0.25) is 0 Å². The minimum Gasteiger partial charge on any atom is -0.472 e. The first kappa shape index (κ1) is 15.6. The molecule has 0 aromatic carbocycles. The minimum atomic E-state index is -0.297. The third-order valence-corrected chi connectivity index (χ3v) is 4.57. The van der Waals surface area contributed by atoms with E-state index in [0.29, 0.717) is 37.6 Å². The Kier molecular flexibility index (Phi) is 3.87. The van der Waals surface area contributed by atoms with E-state index in [-0.39, 0.29) is 29.0 Å². The van der Waals surface area contributed by atoms with Gasteiger partial charge in [0.1, 0.15) is 17.8 Å². The molecule has 2 aromatic rings. The molecule has 1 N–H and O–H groups in total. The van der Waals surface area contributed by atoms with Crippen molar-refractivity contribution in [3.63, 3.8) is 0 Å². The molecule has 0 spiro atoms. The van der Waals surface area contributed by atoms with Gasteiger partial charge in [-0.2, -0.15) is 0 Å². The maximum Gasteiger partial charge on any atom is 0.272 e. The summed E-state index contributed by atoms with van der Waals surface area (Å²) in [7, 11) is 0. The fourth-order valence-electron chi connectivity index (χ4n) is 2.98. The second-order valence-electron chi connectivity index (χ2n) is 6.39. The average Bonchev–Trinajstić information content (AvgIpc) is 3.35. The number of carbonyl (C=O) groups is 2.